The summed E-state index contributed by atoms with van der Waals surface area (Å²) in [6, 6.07) is 17.4. The summed E-state index contributed by atoms with van der Waals surface area (Å²) in [4.78, 5) is 16.2. The van der Waals surface area contributed by atoms with Crippen LogP contribution in [0.25, 0.3) is 22.2 Å². The number of fused-ring (bicyclic) bond motifs is 2. The average Bonchev–Trinajstić information content (AvgIpc) is 3.27. The quantitative estimate of drug-likeness (QED) is 0.346. The number of aromatic nitrogens is 1. The lowest BCUT2D eigenvalue weighted by atomic mass is 9.85. The summed E-state index contributed by atoms with van der Waals surface area (Å²) in [5.41, 5.74) is 5.41. The van der Waals surface area contributed by atoms with Crippen molar-refractivity contribution in [2.45, 2.75) is 20.3 Å². The lowest BCUT2D eigenvalue weighted by molar-refractivity contribution is 0.104. The van der Waals surface area contributed by atoms with E-state index in [4.69, 9.17) is 9.26 Å². The third-order valence-corrected chi connectivity index (χ3v) is 6.94. The monoisotopic (exact) mass is 453 g/mol. The third kappa shape index (κ3) is 3.24. The lowest BCUT2D eigenvalue weighted by Crippen LogP contribution is -2.39. The second-order valence-corrected chi connectivity index (χ2v) is 9.64. The highest BCUT2D eigenvalue weighted by molar-refractivity contribution is 6.28. The van der Waals surface area contributed by atoms with Crippen molar-refractivity contribution < 1.29 is 14.1 Å². The molecule has 1 aliphatic heterocycles. The molecule has 6 rings (SSSR count). The smallest absolute Gasteiger partial charge is 0.196 e. The van der Waals surface area contributed by atoms with Crippen LogP contribution in [0, 0.1) is 11.8 Å². The molecule has 6 heteroatoms. The highest BCUT2D eigenvalue weighted by Gasteiger charge is 2.34. The molecule has 172 valence electrons. The average molecular weight is 454 g/mol. The van der Waals surface area contributed by atoms with Crippen molar-refractivity contribution in [1.82, 2.24) is 5.16 Å². The first-order chi connectivity index (χ1) is 16.5. The number of hydrogen-bond acceptors (Lipinski definition) is 6. The Bertz CT molecular complexity index is 1410. The second-order valence-electron chi connectivity index (χ2n) is 9.64. The van der Waals surface area contributed by atoms with Crippen LogP contribution in [0.15, 0.2) is 59.1 Å². The van der Waals surface area contributed by atoms with Crippen LogP contribution >= 0.6 is 0 Å². The van der Waals surface area contributed by atoms with E-state index in [0.717, 1.165) is 52.4 Å². The highest BCUT2D eigenvalue weighted by Crippen LogP contribution is 2.47. The van der Waals surface area contributed by atoms with Crippen LogP contribution in [0.1, 0.15) is 36.2 Å². The maximum Gasteiger partial charge on any atom is 0.196 e. The molecule has 0 spiro atoms. The zero-order valence-corrected chi connectivity index (χ0v) is 19.6. The number of ketones is 1. The number of hydrogen-bond donors (Lipinski definition) is 1. The van der Waals surface area contributed by atoms with Gasteiger partial charge in [0.2, 0.25) is 0 Å². The van der Waals surface area contributed by atoms with Gasteiger partial charge in [0, 0.05) is 36.0 Å². The lowest BCUT2D eigenvalue weighted by Gasteiger charge is -2.37. The van der Waals surface area contributed by atoms with Gasteiger partial charge in [-0.1, -0.05) is 49.3 Å². The van der Waals surface area contributed by atoms with Gasteiger partial charge in [0.1, 0.15) is 11.3 Å². The van der Waals surface area contributed by atoms with Gasteiger partial charge in [-0.15, -0.1) is 0 Å². The van der Waals surface area contributed by atoms with E-state index in [0.29, 0.717) is 28.7 Å². The van der Waals surface area contributed by atoms with Crippen molar-refractivity contribution in [1.29, 1.82) is 0 Å². The van der Waals surface area contributed by atoms with Crippen LogP contribution in [-0.2, 0) is 0 Å². The molecule has 0 bridgehead atoms. The number of carbonyl (C=O) groups is 1. The zero-order chi connectivity index (χ0) is 23.4. The van der Waals surface area contributed by atoms with Crippen LogP contribution in [0.3, 0.4) is 0 Å². The number of benzene rings is 3. The van der Waals surface area contributed by atoms with Gasteiger partial charge < -0.3 is 19.5 Å². The zero-order valence-electron chi connectivity index (χ0n) is 19.6. The van der Waals surface area contributed by atoms with Crippen LogP contribution in [0.5, 0.6) is 5.75 Å². The number of rotatable bonds is 4. The third-order valence-electron chi connectivity index (χ3n) is 6.94. The van der Waals surface area contributed by atoms with Gasteiger partial charge in [-0.2, -0.15) is 0 Å². The van der Waals surface area contributed by atoms with Gasteiger partial charge in [0.25, 0.3) is 0 Å². The van der Waals surface area contributed by atoms with Crippen LogP contribution in [0.2, 0.25) is 0 Å². The normalized spacial score (nSPS) is 19.3. The first-order valence-electron chi connectivity index (χ1n) is 11.8. The van der Waals surface area contributed by atoms with E-state index in [2.05, 4.69) is 35.3 Å². The molecule has 0 unspecified atom stereocenters. The van der Waals surface area contributed by atoms with E-state index < -0.39 is 0 Å². The first kappa shape index (κ1) is 20.8. The summed E-state index contributed by atoms with van der Waals surface area (Å²) in [5, 5.41) is 8.80. The van der Waals surface area contributed by atoms with Crippen molar-refractivity contribution in [3.05, 3.63) is 65.7 Å². The number of nitrogens with zero attached hydrogens (tertiary/aromatic N) is 2. The number of ether oxygens (including phenoxy) is 1. The molecule has 1 aromatic heterocycles. The standard InChI is InChI=1S/C28H27N3O3/c1-16-11-17(2)15-31(14-16)23-13-22(29-18-7-6-8-19(12-18)33-3)24-25-26(23)30-34-28(25)21-10-5-4-9-20(21)27(24)32/h4-10,12-13,16-17,29H,11,14-15H2,1-3H3/t16-,17-/m0/s1. The van der Waals surface area contributed by atoms with Gasteiger partial charge in [-0.3, -0.25) is 4.79 Å². The summed E-state index contributed by atoms with van der Waals surface area (Å²) in [5.74, 6) is 2.55. The number of anilines is 3. The fraction of sp³-hybridized carbons (Fsp3) is 0.286. The van der Waals surface area contributed by atoms with Crippen molar-refractivity contribution in [2.75, 3.05) is 30.4 Å². The first-order valence-corrected chi connectivity index (χ1v) is 11.8. The Balaban J connectivity index is 1.59. The Morgan fingerprint density at radius 2 is 1.79 bits per heavy atom. The van der Waals surface area contributed by atoms with E-state index in [9.17, 15) is 4.79 Å². The molecule has 1 N–H and O–H groups in total. The Morgan fingerprint density at radius 1 is 1.03 bits per heavy atom. The molecule has 3 aromatic carbocycles. The molecule has 0 amide bonds. The molecule has 2 atom stereocenters. The van der Waals surface area contributed by atoms with E-state index in [-0.39, 0.29) is 5.78 Å². The minimum atomic E-state index is -0.0198. The van der Waals surface area contributed by atoms with Gasteiger partial charge in [-0.05, 0) is 36.5 Å². The number of piperidine rings is 1. The second kappa shape index (κ2) is 7.90. The van der Waals surface area contributed by atoms with Gasteiger partial charge in [-0.25, -0.2) is 0 Å². The van der Waals surface area contributed by atoms with Gasteiger partial charge in [0.05, 0.1) is 29.4 Å². The van der Waals surface area contributed by atoms with Crippen molar-refractivity contribution in [3.63, 3.8) is 0 Å². The molecule has 2 heterocycles. The minimum absolute atomic E-state index is 0.0198. The number of nitrogens with one attached hydrogen (secondary N) is 1. The topological polar surface area (TPSA) is 67.6 Å². The molecule has 1 fully saturated rings. The van der Waals surface area contributed by atoms with Crippen LogP contribution in [0.4, 0.5) is 17.1 Å². The summed E-state index contributed by atoms with van der Waals surface area (Å²) in [6.45, 7) is 6.48. The van der Waals surface area contributed by atoms with Crippen molar-refractivity contribution >= 4 is 33.7 Å². The Morgan fingerprint density at radius 3 is 2.56 bits per heavy atom. The van der Waals surface area contributed by atoms with Crippen molar-refractivity contribution in [2.24, 2.45) is 11.8 Å². The maximum absolute atomic E-state index is 13.8. The Labute approximate surface area is 198 Å². The predicted octanol–water partition coefficient (Wildman–Crippen LogP) is 6.27. The SMILES string of the molecule is COc1cccc(Nc2cc(N3C[C@@H](C)C[C@H](C)C3)c3noc4c3c2C(=O)c2ccccc2-4)c1. The number of carbonyl (C=O) groups excluding carboxylic acids is 1. The van der Waals surface area contributed by atoms with Gasteiger partial charge in [0.15, 0.2) is 11.5 Å². The maximum atomic E-state index is 13.8. The number of methoxy groups -OCH3 is 1. The Kier molecular flexibility index (Phi) is 4.83. The highest BCUT2D eigenvalue weighted by atomic mass is 16.5. The molecule has 2 aliphatic rings. The minimum Gasteiger partial charge on any atom is -0.497 e. The van der Waals surface area contributed by atoms with Crippen molar-refractivity contribution in [3.8, 4) is 17.1 Å². The summed E-state index contributed by atoms with van der Waals surface area (Å²) >= 11 is 0. The molecule has 4 aromatic rings. The largest absolute Gasteiger partial charge is 0.497 e. The predicted molar refractivity (Wildman–Crippen MR) is 134 cm³/mol. The van der Waals surface area contributed by atoms with E-state index in [1.54, 1.807) is 7.11 Å². The summed E-state index contributed by atoms with van der Waals surface area (Å²) < 4.78 is 11.3. The fourth-order valence-corrected chi connectivity index (χ4v) is 5.60. The van der Waals surface area contributed by atoms with Crippen LogP contribution < -0.4 is 15.0 Å². The molecule has 1 saturated heterocycles. The molecule has 1 aliphatic carbocycles. The molecule has 0 radical (unpaired) electrons. The van der Waals surface area contributed by atoms with Gasteiger partial charge >= 0.3 is 0 Å². The molecular weight excluding hydrogens is 426 g/mol. The summed E-state index contributed by atoms with van der Waals surface area (Å²) in [6.07, 6.45) is 1.21. The molecule has 0 saturated carbocycles. The van der Waals surface area contributed by atoms with E-state index >= 15 is 0 Å². The molecule has 6 nitrogen and oxygen atoms in total. The molecular formula is C28H27N3O3. The fourth-order valence-electron chi connectivity index (χ4n) is 5.60. The van der Waals surface area contributed by atoms with E-state index in [1.165, 1.54) is 6.42 Å². The summed E-state index contributed by atoms with van der Waals surface area (Å²) in [7, 11) is 1.65. The van der Waals surface area contributed by atoms with Crippen LogP contribution in [-0.4, -0.2) is 31.1 Å². The molecule has 34 heavy (non-hydrogen) atoms. The Hall–Kier alpha value is -3.80. The van der Waals surface area contributed by atoms with E-state index in [1.807, 2.05) is 48.5 Å².